The topological polar surface area (TPSA) is 18.5 Å². The van der Waals surface area contributed by atoms with E-state index in [-0.39, 0.29) is 45.9 Å². The van der Waals surface area contributed by atoms with E-state index < -0.39 is 6.29 Å². The molecular formula is C10H10BrFMgO2. The summed E-state index contributed by atoms with van der Waals surface area (Å²) in [5.41, 5.74) is 0.433. The number of rotatable bonds is 1. The molecule has 0 spiro atoms. The summed E-state index contributed by atoms with van der Waals surface area (Å²) in [6, 6.07) is 7.25. The second-order valence-electron chi connectivity index (χ2n) is 2.87. The molecule has 2 nitrogen and oxygen atoms in total. The molecule has 0 atom stereocenters. The average molecular weight is 285 g/mol. The zero-order chi connectivity index (χ0) is 9.10. The second kappa shape index (κ2) is 7.57. The Morgan fingerprint density at radius 3 is 2.60 bits per heavy atom. The summed E-state index contributed by atoms with van der Waals surface area (Å²) in [5.74, 6) is -0.300. The molecule has 0 bridgehead atoms. The first-order chi connectivity index (χ1) is 6.38. The summed E-state index contributed by atoms with van der Waals surface area (Å²) in [7, 11) is 0. The molecule has 0 saturated carbocycles. The van der Waals surface area contributed by atoms with Gasteiger partial charge in [-0.15, -0.1) is 6.07 Å². The van der Waals surface area contributed by atoms with E-state index in [2.05, 4.69) is 6.07 Å². The Balaban J connectivity index is 0.000000980. The third kappa shape index (κ3) is 3.99. The third-order valence-electron chi connectivity index (χ3n) is 1.92. The molecule has 1 saturated heterocycles. The maximum absolute atomic E-state index is 13.2. The van der Waals surface area contributed by atoms with E-state index in [1.807, 2.05) is 0 Å². The van der Waals surface area contributed by atoms with E-state index in [4.69, 9.17) is 9.47 Å². The molecule has 15 heavy (non-hydrogen) atoms. The molecule has 5 heteroatoms. The van der Waals surface area contributed by atoms with Gasteiger partial charge in [-0.1, -0.05) is 5.56 Å². The number of halogens is 2. The molecule has 0 unspecified atom stereocenters. The zero-order valence-electron chi connectivity index (χ0n) is 8.21. The smallest absolute Gasteiger partial charge is 1.00 e. The zero-order valence-corrected chi connectivity index (χ0v) is 11.2. The summed E-state index contributed by atoms with van der Waals surface area (Å²) in [6.07, 6.45) is 0.320. The molecule has 0 N–H and O–H groups in total. The third-order valence-corrected chi connectivity index (χ3v) is 1.92. The van der Waals surface area contributed by atoms with Crippen LogP contribution in [0.3, 0.4) is 0 Å². The molecule has 0 aromatic heterocycles. The van der Waals surface area contributed by atoms with Crippen LogP contribution >= 0.6 is 0 Å². The summed E-state index contributed by atoms with van der Waals surface area (Å²) < 4.78 is 23.7. The van der Waals surface area contributed by atoms with E-state index in [1.165, 1.54) is 12.1 Å². The fourth-order valence-electron chi connectivity index (χ4n) is 1.27. The Kier molecular flexibility index (Phi) is 7.73. The van der Waals surface area contributed by atoms with Gasteiger partial charge in [-0.2, -0.15) is 18.2 Å². The quantitative estimate of drug-likeness (QED) is 0.471. The predicted molar refractivity (Wildman–Crippen MR) is 50.3 cm³/mol. The first-order valence-corrected chi connectivity index (χ1v) is 4.26. The van der Waals surface area contributed by atoms with E-state index in [9.17, 15) is 4.39 Å². The van der Waals surface area contributed by atoms with Gasteiger partial charge >= 0.3 is 23.1 Å². The van der Waals surface area contributed by atoms with Gasteiger partial charge in [0.1, 0.15) is 6.29 Å². The van der Waals surface area contributed by atoms with Crippen LogP contribution in [0.2, 0.25) is 0 Å². The van der Waals surface area contributed by atoms with Crippen LogP contribution in [0.5, 0.6) is 0 Å². The first kappa shape index (κ1) is 15.3. The normalized spacial score (nSPS) is 16.3. The van der Waals surface area contributed by atoms with Crippen molar-refractivity contribution < 1.29 is 30.8 Å². The number of hydrogen-bond acceptors (Lipinski definition) is 2. The second-order valence-corrected chi connectivity index (χ2v) is 2.87. The van der Waals surface area contributed by atoms with Gasteiger partial charge in [-0.05, 0) is 6.42 Å². The van der Waals surface area contributed by atoms with Gasteiger partial charge in [0.2, 0.25) is 0 Å². The van der Waals surface area contributed by atoms with Crippen LogP contribution in [0.25, 0.3) is 0 Å². The van der Waals surface area contributed by atoms with Crippen molar-refractivity contribution in [3.63, 3.8) is 0 Å². The van der Waals surface area contributed by atoms with Crippen molar-refractivity contribution >= 4 is 23.1 Å². The SMILES string of the molecule is Fc1cc[c-]cc1C1OCCCO1.[Br-].[Mg+2]. The van der Waals surface area contributed by atoms with Gasteiger partial charge in [0, 0.05) is 5.82 Å². The Morgan fingerprint density at radius 2 is 2.00 bits per heavy atom. The maximum Gasteiger partial charge on any atom is 2.00 e. The van der Waals surface area contributed by atoms with Crippen LogP contribution in [-0.2, 0) is 9.47 Å². The minimum atomic E-state index is -0.550. The molecule has 0 amide bonds. The summed E-state index contributed by atoms with van der Waals surface area (Å²) >= 11 is 0. The first-order valence-electron chi connectivity index (χ1n) is 4.26. The van der Waals surface area contributed by atoms with Crippen LogP contribution in [0.15, 0.2) is 18.2 Å². The molecule has 1 aromatic rings. The minimum absolute atomic E-state index is 0. The van der Waals surface area contributed by atoms with Crippen LogP contribution in [0, 0.1) is 11.9 Å². The molecule has 0 radical (unpaired) electrons. The van der Waals surface area contributed by atoms with E-state index in [1.54, 1.807) is 6.07 Å². The molecule has 78 valence electrons. The fourth-order valence-corrected chi connectivity index (χ4v) is 1.27. The molecule has 1 fully saturated rings. The van der Waals surface area contributed by atoms with E-state index in [0.29, 0.717) is 18.8 Å². The standard InChI is InChI=1S/C10H10FO2.BrH.Mg/c11-9-5-2-1-4-8(9)10-12-6-3-7-13-10;;/h2,4-5,10H,3,6-7H2;1H;/q-1;;+2/p-1. The van der Waals surface area contributed by atoms with Crippen molar-refractivity contribution in [3.05, 3.63) is 35.6 Å². The number of hydrogen-bond donors (Lipinski definition) is 0. The average Bonchev–Trinajstić information content (AvgIpc) is 2.20. The van der Waals surface area contributed by atoms with Gasteiger partial charge < -0.3 is 26.5 Å². The Hall–Kier alpha value is 0.316. The molecule has 1 aliphatic heterocycles. The van der Waals surface area contributed by atoms with Gasteiger partial charge in [0.25, 0.3) is 0 Å². The van der Waals surface area contributed by atoms with Crippen molar-refractivity contribution in [1.29, 1.82) is 0 Å². The number of benzene rings is 1. The molecule has 1 aromatic carbocycles. The number of ether oxygens (including phenoxy) is 2. The Labute approximate surface area is 115 Å². The molecule has 2 rings (SSSR count). The van der Waals surface area contributed by atoms with E-state index in [0.717, 1.165) is 6.42 Å². The van der Waals surface area contributed by atoms with Crippen LogP contribution in [0.1, 0.15) is 18.3 Å². The van der Waals surface area contributed by atoms with Crippen LogP contribution < -0.4 is 17.0 Å². The fraction of sp³-hybridized carbons (Fsp3) is 0.400. The maximum atomic E-state index is 13.2. The predicted octanol–water partition coefficient (Wildman–Crippen LogP) is -1.32. The summed E-state index contributed by atoms with van der Waals surface area (Å²) in [4.78, 5) is 0. The van der Waals surface area contributed by atoms with Crippen LogP contribution in [-0.4, -0.2) is 36.3 Å². The molecule has 0 aliphatic carbocycles. The molecular weight excluding hydrogens is 275 g/mol. The van der Waals surface area contributed by atoms with Crippen LogP contribution in [0.4, 0.5) is 4.39 Å². The minimum Gasteiger partial charge on any atom is -1.00 e. The Bertz CT molecular complexity index is 293. The monoisotopic (exact) mass is 284 g/mol. The van der Waals surface area contributed by atoms with Crippen molar-refractivity contribution in [2.45, 2.75) is 12.7 Å². The van der Waals surface area contributed by atoms with Gasteiger partial charge in [-0.25, -0.2) is 4.39 Å². The van der Waals surface area contributed by atoms with Gasteiger partial charge in [-0.3, -0.25) is 0 Å². The van der Waals surface area contributed by atoms with Gasteiger partial charge in [0.15, 0.2) is 0 Å². The van der Waals surface area contributed by atoms with Crippen molar-refractivity contribution in [1.82, 2.24) is 0 Å². The van der Waals surface area contributed by atoms with Crippen molar-refractivity contribution in [3.8, 4) is 0 Å². The molecule has 1 aliphatic rings. The summed E-state index contributed by atoms with van der Waals surface area (Å²) in [5, 5.41) is 0. The van der Waals surface area contributed by atoms with Crippen molar-refractivity contribution in [2.24, 2.45) is 0 Å². The van der Waals surface area contributed by atoms with Gasteiger partial charge in [0.05, 0.1) is 13.2 Å². The largest absolute Gasteiger partial charge is 2.00 e. The Morgan fingerprint density at radius 1 is 1.33 bits per heavy atom. The van der Waals surface area contributed by atoms with Crippen molar-refractivity contribution in [2.75, 3.05) is 13.2 Å². The summed E-state index contributed by atoms with van der Waals surface area (Å²) in [6.45, 7) is 1.25. The molecule has 1 heterocycles. The van der Waals surface area contributed by atoms with E-state index >= 15 is 0 Å².